The third-order valence-electron chi connectivity index (χ3n) is 10.2. The van der Waals surface area contributed by atoms with Gasteiger partial charge in [-0.25, -0.2) is 0 Å². The van der Waals surface area contributed by atoms with E-state index in [2.05, 4.69) is 182 Å². The van der Waals surface area contributed by atoms with Gasteiger partial charge in [0.2, 0.25) is 0 Å². The Morgan fingerprint density at radius 1 is 0.208 bits per heavy atom. The van der Waals surface area contributed by atoms with E-state index in [1.807, 2.05) is 0 Å². The van der Waals surface area contributed by atoms with Gasteiger partial charge in [-0.3, -0.25) is 0 Å². The van der Waals surface area contributed by atoms with Gasteiger partial charge in [0, 0.05) is 0 Å². The van der Waals surface area contributed by atoms with E-state index in [0.717, 1.165) is 0 Å². The Balaban J connectivity index is 1.17. The molecule has 222 valence electrons. The molecule has 0 bridgehead atoms. The van der Waals surface area contributed by atoms with Crippen LogP contribution in [0.5, 0.6) is 0 Å². The average molecular weight is 607 g/mol. The molecule has 10 rings (SSSR count). The van der Waals surface area contributed by atoms with Gasteiger partial charge in [-0.1, -0.05) is 164 Å². The van der Waals surface area contributed by atoms with Gasteiger partial charge >= 0.3 is 0 Å². The molecule has 0 saturated carbocycles. The van der Waals surface area contributed by atoms with Crippen molar-refractivity contribution in [1.82, 2.24) is 0 Å². The summed E-state index contributed by atoms with van der Waals surface area (Å²) in [5, 5.41) is 15.3. The fourth-order valence-corrected chi connectivity index (χ4v) is 7.96. The molecule has 0 radical (unpaired) electrons. The van der Waals surface area contributed by atoms with Crippen LogP contribution in [-0.2, 0) is 0 Å². The minimum Gasteiger partial charge on any atom is -0.0616 e. The van der Waals surface area contributed by atoms with E-state index in [-0.39, 0.29) is 0 Å². The lowest BCUT2D eigenvalue weighted by atomic mass is 9.85. The molecule has 0 nitrogen and oxygen atoms in total. The normalized spacial score (nSPS) is 11.8. The summed E-state index contributed by atoms with van der Waals surface area (Å²) in [5.41, 5.74) is 7.59. The minimum absolute atomic E-state index is 1.24. The first-order valence-electron chi connectivity index (χ1n) is 16.7. The Morgan fingerprint density at radius 2 is 0.604 bits per heavy atom. The molecule has 0 spiro atoms. The molecule has 0 atom stereocenters. The molecule has 0 aliphatic heterocycles. The Kier molecular flexibility index (Phi) is 5.98. The maximum Gasteiger partial charge on any atom is -0.00262 e. The summed E-state index contributed by atoms with van der Waals surface area (Å²) >= 11 is 0. The van der Waals surface area contributed by atoms with Crippen LogP contribution in [0.25, 0.3) is 98.0 Å². The highest BCUT2D eigenvalue weighted by Crippen LogP contribution is 2.45. The number of hydrogen-bond acceptors (Lipinski definition) is 0. The lowest BCUT2D eigenvalue weighted by molar-refractivity contribution is 1.66. The summed E-state index contributed by atoms with van der Waals surface area (Å²) in [6, 6.07) is 67.1. The van der Waals surface area contributed by atoms with Crippen molar-refractivity contribution < 1.29 is 0 Å². The Hall–Kier alpha value is -6.24. The lowest BCUT2D eigenvalue weighted by Gasteiger charge is -2.18. The number of hydrogen-bond donors (Lipinski definition) is 0. The molecule has 0 aliphatic rings. The summed E-state index contributed by atoms with van der Waals surface area (Å²) in [6.45, 7) is 0. The number of fused-ring (bicyclic) bond motifs is 7. The Morgan fingerprint density at radius 3 is 1.25 bits per heavy atom. The molecule has 0 unspecified atom stereocenters. The highest BCUT2D eigenvalue weighted by atomic mass is 14.2. The van der Waals surface area contributed by atoms with Crippen LogP contribution in [0.1, 0.15) is 0 Å². The van der Waals surface area contributed by atoms with Gasteiger partial charge in [0.1, 0.15) is 0 Å². The van der Waals surface area contributed by atoms with E-state index in [9.17, 15) is 0 Å². The maximum atomic E-state index is 2.37. The molecule has 0 N–H and O–H groups in total. The van der Waals surface area contributed by atoms with E-state index < -0.39 is 0 Å². The highest BCUT2D eigenvalue weighted by Gasteiger charge is 2.17. The molecule has 0 fully saturated rings. The highest BCUT2D eigenvalue weighted by molar-refractivity contribution is 6.22. The molecule has 10 aromatic rings. The van der Waals surface area contributed by atoms with Gasteiger partial charge in [-0.05, 0) is 116 Å². The van der Waals surface area contributed by atoms with Crippen LogP contribution in [0.3, 0.4) is 0 Å². The zero-order chi connectivity index (χ0) is 31.6. The van der Waals surface area contributed by atoms with Crippen molar-refractivity contribution in [2.75, 3.05) is 0 Å². The van der Waals surface area contributed by atoms with E-state index in [1.54, 1.807) is 0 Å². The van der Waals surface area contributed by atoms with Gasteiger partial charge in [0.25, 0.3) is 0 Å². The summed E-state index contributed by atoms with van der Waals surface area (Å²) < 4.78 is 0. The van der Waals surface area contributed by atoms with Gasteiger partial charge in [0.05, 0.1) is 0 Å². The van der Waals surface area contributed by atoms with Gasteiger partial charge in [0.15, 0.2) is 0 Å². The van der Waals surface area contributed by atoms with Crippen molar-refractivity contribution in [3.05, 3.63) is 182 Å². The quantitative estimate of drug-likeness (QED) is 0.139. The van der Waals surface area contributed by atoms with E-state index >= 15 is 0 Å². The molecule has 0 aromatic heterocycles. The van der Waals surface area contributed by atoms with Crippen molar-refractivity contribution in [2.24, 2.45) is 0 Å². The smallest absolute Gasteiger partial charge is 0.00262 e. The van der Waals surface area contributed by atoms with Crippen molar-refractivity contribution in [1.29, 1.82) is 0 Å². The average Bonchev–Trinajstić information content (AvgIpc) is 3.16. The SMILES string of the molecule is c1ccc2c(-c3ccc4cc(-c5c6ccccc6c(-c6ccc7c(ccc8ccccc87)c6)c6ccccc56)ccc4c3)cccc2c1. The molecular weight excluding hydrogens is 577 g/mol. The van der Waals surface area contributed by atoms with E-state index in [4.69, 9.17) is 0 Å². The molecule has 0 amide bonds. The van der Waals surface area contributed by atoms with Crippen LogP contribution >= 0.6 is 0 Å². The zero-order valence-electron chi connectivity index (χ0n) is 26.3. The maximum absolute atomic E-state index is 2.37. The molecular formula is C48H30. The monoisotopic (exact) mass is 606 g/mol. The third-order valence-corrected chi connectivity index (χ3v) is 10.2. The van der Waals surface area contributed by atoms with E-state index in [1.165, 1.54) is 98.0 Å². The first kappa shape index (κ1) is 26.9. The second kappa shape index (κ2) is 10.7. The molecule has 0 aliphatic carbocycles. The molecule has 0 heteroatoms. The predicted octanol–water partition coefficient (Wildman–Crippen LogP) is 13.6. The van der Waals surface area contributed by atoms with Crippen LogP contribution in [0.2, 0.25) is 0 Å². The van der Waals surface area contributed by atoms with Crippen LogP contribution in [-0.4, -0.2) is 0 Å². The zero-order valence-corrected chi connectivity index (χ0v) is 26.3. The fraction of sp³-hybridized carbons (Fsp3) is 0. The molecule has 0 saturated heterocycles. The summed E-state index contributed by atoms with van der Waals surface area (Å²) in [7, 11) is 0. The predicted molar refractivity (Wildman–Crippen MR) is 208 cm³/mol. The fourth-order valence-electron chi connectivity index (χ4n) is 7.96. The van der Waals surface area contributed by atoms with Crippen LogP contribution in [0.4, 0.5) is 0 Å². The second-order valence-electron chi connectivity index (χ2n) is 12.9. The molecule has 0 heterocycles. The molecule has 10 aromatic carbocycles. The third kappa shape index (κ3) is 4.16. The van der Waals surface area contributed by atoms with Crippen molar-refractivity contribution in [2.45, 2.75) is 0 Å². The molecule has 48 heavy (non-hydrogen) atoms. The first-order valence-corrected chi connectivity index (χ1v) is 16.7. The standard InChI is InChI=1S/C48H30/c1-3-13-39-31(10-1)12-9-19-41(39)35-24-21-34-29-37(25-22-33(34)28-35)47-43-15-5-7-17-45(43)48(46-18-8-6-16-44(46)47)38-26-27-42-36(30-38)23-20-32-11-2-4-14-40(32)42/h1-30H. The minimum atomic E-state index is 1.24. The van der Waals surface area contributed by atoms with Crippen LogP contribution in [0.15, 0.2) is 182 Å². The van der Waals surface area contributed by atoms with Crippen molar-refractivity contribution >= 4 is 64.6 Å². The van der Waals surface area contributed by atoms with Crippen LogP contribution in [0, 0.1) is 0 Å². The summed E-state index contributed by atoms with van der Waals surface area (Å²) in [4.78, 5) is 0. The largest absolute Gasteiger partial charge is 0.0616 e. The van der Waals surface area contributed by atoms with Gasteiger partial charge in [-0.2, -0.15) is 0 Å². The second-order valence-corrected chi connectivity index (χ2v) is 12.9. The lowest BCUT2D eigenvalue weighted by Crippen LogP contribution is -1.91. The summed E-state index contributed by atoms with van der Waals surface area (Å²) in [5.74, 6) is 0. The van der Waals surface area contributed by atoms with Crippen molar-refractivity contribution in [3.63, 3.8) is 0 Å². The van der Waals surface area contributed by atoms with Gasteiger partial charge in [-0.15, -0.1) is 0 Å². The summed E-state index contributed by atoms with van der Waals surface area (Å²) in [6.07, 6.45) is 0. The topological polar surface area (TPSA) is 0 Å². The van der Waals surface area contributed by atoms with Crippen LogP contribution < -0.4 is 0 Å². The first-order chi connectivity index (χ1) is 23.8. The number of benzene rings is 10. The Bertz CT molecular complexity index is 2830. The number of rotatable bonds is 3. The van der Waals surface area contributed by atoms with Gasteiger partial charge < -0.3 is 0 Å². The Labute approximate surface area is 279 Å². The van der Waals surface area contributed by atoms with E-state index in [0.29, 0.717) is 0 Å². The van der Waals surface area contributed by atoms with Crippen molar-refractivity contribution in [3.8, 4) is 33.4 Å².